The third-order valence-corrected chi connectivity index (χ3v) is 4.34. The molecule has 3 rings (SSSR count). The van der Waals surface area contributed by atoms with E-state index in [2.05, 4.69) is 16.9 Å². The number of nitrogen functional groups attached to an aromatic ring is 1. The molecule has 1 aromatic heterocycles. The number of aromatic hydroxyl groups is 1. The van der Waals surface area contributed by atoms with Gasteiger partial charge in [0.1, 0.15) is 11.6 Å². The molecule has 28 heavy (non-hydrogen) atoms. The van der Waals surface area contributed by atoms with Gasteiger partial charge in [-0.1, -0.05) is 49.0 Å². The number of phenols is 1. The van der Waals surface area contributed by atoms with Crippen LogP contribution in [0.1, 0.15) is 28.4 Å². The predicted molar refractivity (Wildman–Crippen MR) is 112 cm³/mol. The van der Waals surface area contributed by atoms with E-state index < -0.39 is 6.04 Å². The molecule has 6 heteroatoms. The number of amides is 1. The standard InChI is InChI=1S/C22H22N4O2/c1-2-20(28)26-21(14-8-4-3-5-9-14)18-13-15(22(24)25-18)12-17(23)16-10-6-7-11-19(16)27/h2-13,21,25,27H,1,23-24H2,(H,26,28)/b17-12-. The second kappa shape index (κ2) is 8.18. The number of H-pyrrole nitrogens is 1. The highest BCUT2D eigenvalue weighted by molar-refractivity contribution is 5.88. The number of carbonyl (C=O) groups excluding carboxylic acids is 1. The number of nitrogens with one attached hydrogen (secondary N) is 2. The Morgan fingerprint density at radius 3 is 2.50 bits per heavy atom. The maximum absolute atomic E-state index is 11.9. The number of hydrogen-bond acceptors (Lipinski definition) is 4. The van der Waals surface area contributed by atoms with Gasteiger partial charge in [0, 0.05) is 22.5 Å². The molecule has 0 aliphatic heterocycles. The summed E-state index contributed by atoms with van der Waals surface area (Å²) in [5.41, 5.74) is 15.4. The summed E-state index contributed by atoms with van der Waals surface area (Å²) >= 11 is 0. The number of para-hydroxylation sites is 1. The molecule has 0 saturated heterocycles. The molecule has 1 heterocycles. The maximum atomic E-state index is 11.9. The summed E-state index contributed by atoms with van der Waals surface area (Å²) in [4.78, 5) is 15.0. The Hall–Kier alpha value is -3.93. The largest absolute Gasteiger partial charge is 0.507 e. The second-order valence-corrected chi connectivity index (χ2v) is 6.27. The zero-order valence-corrected chi connectivity index (χ0v) is 15.2. The quantitative estimate of drug-likeness (QED) is 0.426. The Morgan fingerprint density at radius 1 is 1.14 bits per heavy atom. The monoisotopic (exact) mass is 374 g/mol. The molecule has 0 saturated carbocycles. The van der Waals surface area contributed by atoms with Crippen LogP contribution in [0.15, 0.2) is 73.3 Å². The fourth-order valence-corrected chi connectivity index (χ4v) is 2.93. The SMILES string of the molecule is C=CC(=O)NC(c1ccccc1)c1cc(/C=C(\N)c2ccccc2O)c(N)[nH]1. The van der Waals surface area contributed by atoms with Gasteiger partial charge in [0.05, 0.1) is 6.04 Å². The lowest BCUT2D eigenvalue weighted by Crippen LogP contribution is -2.27. The third-order valence-electron chi connectivity index (χ3n) is 4.34. The lowest BCUT2D eigenvalue weighted by Gasteiger charge is -2.17. The van der Waals surface area contributed by atoms with Crippen LogP contribution in [0.5, 0.6) is 5.75 Å². The van der Waals surface area contributed by atoms with Gasteiger partial charge in [0.25, 0.3) is 0 Å². The lowest BCUT2D eigenvalue weighted by molar-refractivity contribution is -0.117. The summed E-state index contributed by atoms with van der Waals surface area (Å²) < 4.78 is 0. The molecular formula is C22H22N4O2. The van der Waals surface area contributed by atoms with Crippen LogP contribution in [0.2, 0.25) is 0 Å². The third kappa shape index (κ3) is 4.07. The van der Waals surface area contributed by atoms with Gasteiger partial charge < -0.3 is 26.9 Å². The van der Waals surface area contributed by atoms with Gasteiger partial charge in [-0.05, 0) is 35.9 Å². The van der Waals surface area contributed by atoms with Crippen LogP contribution in [0.3, 0.4) is 0 Å². The van der Waals surface area contributed by atoms with Crippen LogP contribution in [0, 0.1) is 0 Å². The highest BCUT2D eigenvalue weighted by Crippen LogP contribution is 2.28. The van der Waals surface area contributed by atoms with E-state index in [1.807, 2.05) is 36.4 Å². The van der Waals surface area contributed by atoms with Crippen LogP contribution in [0.25, 0.3) is 11.8 Å². The molecule has 2 aromatic carbocycles. The zero-order valence-electron chi connectivity index (χ0n) is 15.2. The van der Waals surface area contributed by atoms with Gasteiger partial charge >= 0.3 is 0 Å². The first kappa shape index (κ1) is 18.8. The van der Waals surface area contributed by atoms with E-state index in [1.54, 1.807) is 30.3 Å². The fraction of sp³-hybridized carbons (Fsp3) is 0.0455. The number of hydrogen-bond donors (Lipinski definition) is 5. The summed E-state index contributed by atoms with van der Waals surface area (Å²) in [5, 5.41) is 12.9. The molecule has 0 bridgehead atoms. The Kier molecular flexibility index (Phi) is 5.50. The van der Waals surface area contributed by atoms with E-state index in [1.165, 1.54) is 6.08 Å². The van der Waals surface area contributed by atoms with Gasteiger partial charge in [-0.2, -0.15) is 0 Å². The zero-order chi connectivity index (χ0) is 20.1. The van der Waals surface area contributed by atoms with Crippen molar-refractivity contribution in [2.24, 2.45) is 5.73 Å². The minimum Gasteiger partial charge on any atom is -0.507 e. The fourth-order valence-electron chi connectivity index (χ4n) is 2.93. The molecule has 0 aliphatic rings. The Morgan fingerprint density at radius 2 is 1.82 bits per heavy atom. The summed E-state index contributed by atoms with van der Waals surface area (Å²) in [6.07, 6.45) is 2.90. The van der Waals surface area contributed by atoms with Crippen molar-refractivity contribution in [3.63, 3.8) is 0 Å². The first-order chi connectivity index (χ1) is 13.5. The van der Waals surface area contributed by atoms with Crippen molar-refractivity contribution in [3.05, 3.63) is 95.7 Å². The lowest BCUT2D eigenvalue weighted by atomic mass is 10.0. The van der Waals surface area contributed by atoms with Crippen molar-refractivity contribution < 1.29 is 9.90 Å². The van der Waals surface area contributed by atoms with Gasteiger partial charge in [0.2, 0.25) is 5.91 Å². The smallest absolute Gasteiger partial charge is 0.244 e. The van der Waals surface area contributed by atoms with Gasteiger partial charge in [-0.15, -0.1) is 0 Å². The van der Waals surface area contributed by atoms with E-state index >= 15 is 0 Å². The first-order valence-electron chi connectivity index (χ1n) is 8.71. The minimum atomic E-state index is -0.428. The van der Waals surface area contributed by atoms with Crippen LogP contribution < -0.4 is 16.8 Å². The van der Waals surface area contributed by atoms with Gasteiger partial charge in [-0.3, -0.25) is 4.79 Å². The first-order valence-corrected chi connectivity index (χ1v) is 8.71. The Labute approximate surface area is 163 Å². The van der Waals surface area contributed by atoms with E-state index in [9.17, 15) is 9.90 Å². The van der Waals surface area contributed by atoms with Gasteiger partial charge in [0.15, 0.2) is 0 Å². The topological polar surface area (TPSA) is 117 Å². The predicted octanol–water partition coefficient (Wildman–Crippen LogP) is 3.15. The highest BCUT2D eigenvalue weighted by Gasteiger charge is 2.19. The molecule has 1 atom stereocenters. The van der Waals surface area contributed by atoms with Crippen LogP contribution in [0.4, 0.5) is 5.82 Å². The molecule has 3 aromatic rings. The minimum absolute atomic E-state index is 0.0889. The van der Waals surface area contributed by atoms with Crippen molar-refractivity contribution >= 4 is 23.5 Å². The maximum Gasteiger partial charge on any atom is 0.244 e. The summed E-state index contributed by atoms with van der Waals surface area (Å²) in [6, 6.07) is 17.7. The number of nitrogens with two attached hydrogens (primary N) is 2. The molecule has 1 unspecified atom stereocenters. The number of aromatic nitrogens is 1. The van der Waals surface area contributed by atoms with Gasteiger partial charge in [-0.25, -0.2) is 0 Å². The number of anilines is 1. The van der Waals surface area contributed by atoms with Crippen LogP contribution in [-0.2, 0) is 4.79 Å². The normalized spacial score (nSPS) is 12.4. The number of phenolic OH excluding ortho intramolecular Hbond substituents is 1. The average molecular weight is 374 g/mol. The molecule has 7 N–H and O–H groups in total. The summed E-state index contributed by atoms with van der Waals surface area (Å²) in [7, 11) is 0. The number of aromatic amines is 1. The summed E-state index contributed by atoms with van der Waals surface area (Å²) in [5.74, 6) is 0.195. The van der Waals surface area contributed by atoms with Crippen molar-refractivity contribution in [3.8, 4) is 5.75 Å². The molecule has 6 nitrogen and oxygen atoms in total. The van der Waals surface area contributed by atoms with Crippen molar-refractivity contribution in [1.82, 2.24) is 10.3 Å². The number of benzene rings is 2. The second-order valence-electron chi connectivity index (χ2n) is 6.27. The molecular weight excluding hydrogens is 352 g/mol. The molecule has 0 radical (unpaired) electrons. The van der Waals surface area contributed by atoms with Crippen molar-refractivity contribution in [2.75, 3.05) is 5.73 Å². The molecule has 142 valence electrons. The Balaban J connectivity index is 1.99. The molecule has 0 aliphatic carbocycles. The average Bonchev–Trinajstić information content (AvgIpc) is 3.06. The number of carbonyl (C=O) groups is 1. The van der Waals surface area contributed by atoms with E-state index in [-0.39, 0.29) is 11.7 Å². The highest BCUT2D eigenvalue weighted by atomic mass is 16.3. The van der Waals surface area contributed by atoms with E-state index in [0.717, 1.165) is 5.56 Å². The molecule has 0 spiro atoms. The molecule has 0 fully saturated rings. The molecule has 1 amide bonds. The van der Waals surface area contributed by atoms with Crippen molar-refractivity contribution in [1.29, 1.82) is 0 Å². The van der Waals surface area contributed by atoms with E-state index in [0.29, 0.717) is 28.3 Å². The van der Waals surface area contributed by atoms with Crippen LogP contribution in [-0.4, -0.2) is 16.0 Å². The Bertz CT molecular complexity index is 1020. The summed E-state index contributed by atoms with van der Waals surface area (Å²) in [6.45, 7) is 3.51. The van der Waals surface area contributed by atoms with E-state index in [4.69, 9.17) is 11.5 Å². The number of rotatable bonds is 6. The van der Waals surface area contributed by atoms with Crippen molar-refractivity contribution in [2.45, 2.75) is 6.04 Å². The van der Waals surface area contributed by atoms with Crippen LogP contribution >= 0.6 is 0 Å².